The van der Waals surface area contributed by atoms with Gasteiger partial charge in [-0.25, -0.2) is 0 Å². The fourth-order valence-electron chi connectivity index (χ4n) is 5.45. The minimum atomic E-state index is 1.14. The molecule has 0 unspecified atom stereocenters. The van der Waals surface area contributed by atoms with Crippen LogP contribution >= 0.6 is 15.9 Å². The van der Waals surface area contributed by atoms with Gasteiger partial charge in [-0.1, -0.05) is 131 Å². The Balaban J connectivity index is 1.47. The van der Waals surface area contributed by atoms with Gasteiger partial charge in [-0.05, 0) is 77.5 Å². The highest BCUT2D eigenvalue weighted by atomic mass is 79.9. The van der Waals surface area contributed by atoms with Crippen molar-refractivity contribution in [3.8, 4) is 22.3 Å². The van der Waals surface area contributed by atoms with Gasteiger partial charge in [0.15, 0.2) is 0 Å². The maximum atomic E-state index is 3.81. The molecule has 0 N–H and O–H groups in total. The summed E-state index contributed by atoms with van der Waals surface area (Å²) in [6.45, 7) is 0. The van der Waals surface area contributed by atoms with Crippen LogP contribution in [0, 0.1) is 0 Å². The zero-order valence-electron chi connectivity index (χ0n) is 19.0. The molecule has 7 aromatic carbocycles. The van der Waals surface area contributed by atoms with Gasteiger partial charge in [0.25, 0.3) is 0 Å². The summed E-state index contributed by atoms with van der Waals surface area (Å²) in [4.78, 5) is 0. The Morgan fingerprint density at radius 3 is 1.60 bits per heavy atom. The molecular formula is C34H21Br. The lowest BCUT2D eigenvalue weighted by atomic mass is 9.90. The maximum absolute atomic E-state index is 3.81. The van der Waals surface area contributed by atoms with Crippen molar-refractivity contribution < 1.29 is 0 Å². The third-order valence-electron chi connectivity index (χ3n) is 7.13. The van der Waals surface area contributed by atoms with Gasteiger partial charge in [0.2, 0.25) is 0 Å². The molecule has 1 heteroatoms. The summed E-state index contributed by atoms with van der Waals surface area (Å²) < 4.78 is 1.14. The average molecular weight is 509 g/mol. The van der Waals surface area contributed by atoms with Crippen LogP contribution in [0.2, 0.25) is 0 Å². The molecule has 0 radical (unpaired) electrons. The fourth-order valence-corrected chi connectivity index (χ4v) is 6.03. The van der Waals surface area contributed by atoms with Gasteiger partial charge in [-0.15, -0.1) is 0 Å². The van der Waals surface area contributed by atoms with Crippen LogP contribution in [-0.4, -0.2) is 0 Å². The predicted molar refractivity (Wildman–Crippen MR) is 155 cm³/mol. The Bertz CT molecular complexity index is 1890. The fraction of sp³-hybridized carbons (Fsp3) is 0. The summed E-state index contributed by atoms with van der Waals surface area (Å²) >= 11 is 3.81. The van der Waals surface area contributed by atoms with Crippen LogP contribution in [0.4, 0.5) is 0 Å². The Morgan fingerprint density at radius 2 is 0.857 bits per heavy atom. The van der Waals surface area contributed by atoms with Gasteiger partial charge in [-0.2, -0.15) is 0 Å². The first kappa shape index (κ1) is 20.4. The number of benzene rings is 7. The van der Waals surface area contributed by atoms with E-state index in [1.165, 1.54) is 65.3 Å². The molecule has 0 aliphatic heterocycles. The minimum Gasteiger partial charge on any atom is -0.0616 e. The molecule has 164 valence electrons. The number of hydrogen-bond acceptors (Lipinski definition) is 0. The topological polar surface area (TPSA) is 0 Å². The zero-order chi connectivity index (χ0) is 23.4. The molecule has 7 aromatic rings. The largest absolute Gasteiger partial charge is 0.0616 e. The highest BCUT2D eigenvalue weighted by Gasteiger charge is 2.13. The van der Waals surface area contributed by atoms with Crippen molar-refractivity contribution in [2.45, 2.75) is 0 Å². The van der Waals surface area contributed by atoms with E-state index in [1.54, 1.807) is 0 Å². The third kappa shape index (κ3) is 3.27. The molecule has 0 nitrogen and oxygen atoms in total. The monoisotopic (exact) mass is 508 g/mol. The normalized spacial score (nSPS) is 11.6. The summed E-state index contributed by atoms with van der Waals surface area (Å²) in [6, 6.07) is 46.2. The van der Waals surface area contributed by atoms with E-state index in [-0.39, 0.29) is 0 Å². The summed E-state index contributed by atoms with van der Waals surface area (Å²) in [6.07, 6.45) is 0. The molecule has 0 fully saturated rings. The van der Waals surface area contributed by atoms with E-state index in [2.05, 4.69) is 143 Å². The molecule has 0 atom stereocenters. The van der Waals surface area contributed by atoms with E-state index in [0.29, 0.717) is 0 Å². The van der Waals surface area contributed by atoms with Crippen LogP contribution in [0.1, 0.15) is 0 Å². The van der Waals surface area contributed by atoms with Crippen molar-refractivity contribution in [2.75, 3.05) is 0 Å². The first-order valence-electron chi connectivity index (χ1n) is 11.9. The third-order valence-corrected chi connectivity index (χ3v) is 7.78. The molecule has 0 aromatic heterocycles. The van der Waals surface area contributed by atoms with E-state index in [4.69, 9.17) is 0 Å². The molecule has 7 rings (SSSR count). The number of fused-ring (bicyclic) bond motifs is 6. The van der Waals surface area contributed by atoms with Crippen molar-refractivity contribution in [3.63, 3.8) is 0 Å². The Kier molecular flexibility index (Phi) is 4.72. The highest BCUT2D eigenvalue weighted by Crippen LogP contribution is 2.41. The van der Waals surface area contributed by atoms with Crippen LogP contribution in [0.15, 0.2) is 132 Å². The standard InChI is InChI=1S/C34H21Br/c35-34-21-33-28-12-4-3-11-27(28)31(20-32(33)29-13-5-6-14-30(29)34)24-18-16-23(17-19-24)26-15-7-9-22-8-1-2-10-25(22)26/h1-21H. The molecule has 0 aliphatic rings. The molecular weight excluding hydrogens is 488 g/mol. The van der Waals surface area contributed by atoms with E-state index in [1.807, 2.05) is 0 Å². The number of halogens is 1. The molecule has 0 saturated heterocycles. The molecule has 0 amide bonds. The maximum Gasteiger partial charge on any atom is 0.0260 e. The Labute approximate surface area is 212 Å². The lowest BCUT2D eigenvalue weighted by Gasteiger charge is -2.14. The lowest BCUT2D eigenvalue weighted by molar-refractivity contribution is 1.63. The minimum absolute atomic E-state index is 1.14. The van der Waals surface area contributed by atoms with E-state index < -0.39 is 0 Å². The lowest BCUT2D eigenvalue weighted by Crippen LogP contribution is -1.87. The van der Waals surface area contributed by atoms with Crippen molar-refractivity contribution >= 4 is 59.0 Å². The van der Waals surface area contributed by atoms with E-state index >= 15 is 0 Å². The smallest absolute Gasteiger partial charge is 0.0260 e. The molecule has 0 saturated carbocycles. The van der Waals surface area contributed by atoms with E-state index in [0.717, 1.165) is 4.47 Å². The predicted octanol–water partition coefficient (Wildman–Crippen LogP) is 10.4. The van der Waals surface area contributed by atoms with Crippen LogP contribution < -0.4 is 0 Å². The molecule has 0 heterocycles. The average Bonchev–Trinajstić information content (AvgIpc) is 2.93. The first-order chi connectivity index (χ1) is 17.3. The summed E-state index contributed by atoms with van der Waals surface area (Å²) in [5.41, 5.74) is 5.02. The summed E-state index contributed by atoms with van der Waals surface area (Å²) in [7, 11) is 0. The number of rotatable bonds is 2. The number of hydrogen-bond donors (Lipinski definition) is 0. The second kappa shape index (κ2) is 8.08. The Morgan fingerprint density at radius 1 is 0.343 bits per heavy atom. The van der Waals surface area contributed by atoms with Gasteiger partial charge in [0.05, 0.1) is 0 Å². The second-order valence-electron chi connectivity index (χ2n) is 9.07. The first-order valence-corrected chi connectivity index (χ1v) is 12.7. The Hall–Kier alpha value is -3.94. The van der Waals surface area contributed by atoms with Crippen LogP contribution in [-0.2, 0) is 0 Å². The van der Waals surface area contributed by atoms with Crippen molar-refractivity contribution in [2.24, 2.45) is 0 Å². The van der Waals surface area contributed by atoms with Crippen LogP contribution in [0.5, 0.6) is 0 Å². The second-order valence-corrected chi connectivity index (χ2v) is 9.93. The van der Waals surface area contributed by atoms with Crippen LogP contribution in [0.3, 0.4) is 0 Å². The van der Waals surface area contributed by atoms with Crippen LogP contribution in [0.25, 0.3) is 65.3 Å². The van der Waals surface area contributed by atoms with Gasteiger partial charge < -0.3 is 0 Å². The van der Waals surface area contributed by atoms with Crippen molar-refractivity contribution in [3.05, 3.63) is 132 Å². The summed E-state index contributed by atoms with van der Waals surface area (Å²) in [5, 5.41) is 10.2. The highest BCUT2D eigenvalue weighted by molar-refractivity contribution is 9.10. The molecule has 35 heavy (non-hydrogen) atoms. The molecule has 0 spiro atoms. The van der Waals surface area contributed by atoms with E-state index in [9.17, 15) is 0 Å². The quantitative estimate of drug-likeness (QED) is 0.203. The van der Waals surface area contributed by atoms with Gasteiger partial charge >= 0.3 is 0 Å². The van der Waals surface area contributed by atoms with Crippen molar-refractivity contribution in [1.82, 2.24) is 0 Å². The zero-order valence-corrected chi connectivity index (χ0v) is 20.6. The SMILES string of the molecule is Brc1cc2c3ccccc3c(-c3ccc(-c4cccc5ccccc45)cc3)cc2c2ccccc12. The van der Waals surface area contributed by atoms with Crippen molar-refractivity contribution in [1.29, 1.82) is 0 Å². The van der Waals surface area contributed by atoms with Gasteiger partial charge in [-0.3, -0.25) is 0 Å². The summed E-state index contributed by atoms with van der Waals surface area (Å²) in [5.74, 6) is 0. The molecule has 0 bridgehead atoms. The molecule has 0 aliphatic carbocycles. The van der Waals surface area contributed by atoms with Gasteiger partial charge in [0, 0.05) is 4.47 Å². The van der Waals surface area contributed by atoms with Gasteiger partial charge in [0.1, 0.15) is 0 Å².